The summed E-state index contributed by atoms with van der Waals surface area (Å²) in [6.45, 7) is 0.236. The molecule has 2 aromatic rings. The predicted octanol–water partition coefficient (Wildman–Crippen LogP) is 0.981. The lowest BCUT2D eigenvalue weighted by molar-refractivity contribution is 0.456. The fraction of sp³-hybridized carbons (Fsp3) is 0.273. The predicted molar refractivity (Wildman–Crippen MR) is 78.2 cm³/mol. The Hall–Kier alpha value is -1.45. The van der Waals surface area contributed by atoms with Crippen LogP contribution in [0, 0.1) is 0 Å². The van der Waals surface area contributed by atoms with Gasteiger partial charge >= 0.3 is 0 Å². The van der Waals surface area contributed by atoms with Crippen LogP contribution in [0.4, 0.5) is 5.69 Å². The summed E-state index contributed by atoms with van der Waals surface area (Å²) >= 11 is 3.10. The lowest BCUT2D eigenvalue weighted by Gasteiger charge is -2.17. The molecule has 1 aromatic carbocycles. The number of nitrogen functional groups attached to an aromatic ring is 1. The van der Waals surface area contributed by atoms with Gasteiger partial charge in [0, 0.05) is 26.3 Å². The van der Waals surface area contributed by atoms with Crippen LogP contribution in [0.3, 0.4) is 0 Å². The SMILES string of the molecule is CN(Cc1ccc(N)cc1)S(=O)(=O)c1c(Br)nnn1C. The monoisotopic (exact) mass is 359 g/mol. The van der Waals surface area contributed by atoms with Crippen LogP contribution in [-0.2, 0) is 23.6 Å². The van der Waals surface area contributed by atoms with E-state index in [9.17, 15) is 8.42 Å². The van der Waals surface area contributed by atoms with E-state index in [0.717, 1.165) is 5.56 Å². The topological polar surface area (TPSA) is 94.1 Å². The Balaban J connectivity index is 2.28. The second kappa shape index (κ2) is 5.51. The molecule has 0 fully saturated rings. The van der Waals surface area contributed by atoms with Crippen molar-refractivity contribution >= 4 is 31.6 Å². The van der Waals surface area contributed by atoms with Gasteiger partial charge in [-0.3, -0.25) is 0 Å². The average molecular weight is 360 g/mol. The van der Waals surface area contributed by atoms with E-state index >= 15 is 0 Å². The zero-order chi connectivity index (χ0) is 14.9. The lowest BCUT2D eigenvalue weighted by atomic mass is 10.2. The zero-order valence-electron chi connectivity index (χ0n) is 11.0. The number of aryl methyl sites for hydroxylation is 1. The van der Waals surface area contributed by atoms with Gasteiger partial charge in [0.15, 0.2) is 4.60 Å². The van der Waals surface area contributed by atoms with Gasteiger partial charge in [-0.05, 0) is 33.6 Å². The maximum atomic E-state index is 12.5. The Labute approximate surface area is 125 Å². The first-order valence-corrected chi connectivity index (χ1v) is 7.91. The van der Waals surface area contributed by atoms with Crippen molar-refractivity contribution in [1.82, 2.24) is 19.3 Å². The van der Waals surface area contributed by atoms with Gasteiger partial charge in [-0.1, -0.05) is 17.3 Å². The highest BCUT2D eigenvalue weighted by molar-refractivity contribution is 9.10. The largest absolute Gasteiger partial charge is 0.399 e. The number of aromatic nitrogens is 3. The van der Waals surface area contributed by atoms with Crippen LogP contribution in [-0.4, -0.2) is 34.8 Å². The molecule has 1 heterocycles. The number of benzene rings is 1. The second-order valence-corrected chi connectivity index (χ2v) is 7.02. The van der Waals surface area contributed by atoms with Gasteiger partial charge in [0.1, 0.15) is 0 Å². The van der Waals surface area contributed by atoms with Crippen molar-refractivity contribution in [2.75, 3.05) is 12.8 Å². The van der Waals surface area contributed by atoms with E-state index in [4.69, 9.17) is 5.73 Å². The first-order chi connectivity index (χ1) is 9.32. The summed E-state index contributed by atoms with van der Waals surface area (Å²) in [5, 5.41) is 7.40. The number of anilines is 1. The van der Waals surface area contributed by atoms with Gasteiger partial charge in [0.05, 0.1) is 0 Å². The number of halogens is 1. The highest BCUT2D eigenvalue weighted by atomic mass is 79.9. The average Bonchev–Trinajstić information content (AvgIpc) is 2.72. The molecule has 0 amide bonds. The fourth-order valence-electron chi connectivity index (χ4n) is 1.71. The van der Waals surface area contributed by atoms with Gasteiger partial charge in [0.25, 0.3) is 10.0 Å². The normalized spacial score (nSPS) is 12.0. The highest BCUT2D eigenvalue weighted by Gasteiger charge is 2.28. The number of rotatable bonds is 4. The molecule has 20 heavy (non-hydrogen) atoms. The molecule has 2 rings (SSSR count). The minimum atomic E-state index is -3.67. The maximum Gasteiger partial charge on any atom is 0.263 e. The van der Waals surface area contributed by atoms with Crippen molar-refractivity contribution in [2.45, 2.75) is 11.6 Å². The molecule has 0 unspecified atom stereocenters. The lowest BCUT2D eigenvalue weighted by Crippen LogP contribution is -2.28. The van der Waals surface area contributed by atoms with E-state index in [1.54, 1.807) is 24.3 Å². The van der Waals surface area contributed by atoms with Gasteiger partial charge in [-0.25, -0.2) is 13.1 Å². The third-order valence-corrected chi connectivity index (χ3v) is 5.47. The van der Waals surface area contributed by atoms with Gasteiger partial charge in [-0.15, -0.1) is 5.10 Å². The molecule has 1 aromatic heterocycles. The van der Waals surface area contributed by atoms with Crippen molar-refractivity contribution in [2.24, 2.45) is 7.05 Å². The van der Waals surface area contributed by atoms with Crippen LogP contribution in [0.25, 0.3) is 0 Å². The molecule has 0 saturated heterocycles. The molecule has 0 aliphatic rings. The molecule has 0 atom stereocenters. The molecule has 0 radical (unpaired) electrons. The van der Waals surface area contributed by atoms with E-state index in [1.165, 1.54) is 23.1 Å². The maximum absolute atomic E-state index is 12.5. The van der Waals surface area contributed by atoms with Crippen LogP contribution in [0.1, 0.15) is 5.56 Å². The van der Waals surface area contributed by atoms with Crippen LogP contribution < -0.4 is 5.73 Å². The quantitative estimate of drug-likeness (QED) is 0.821. The van der Waals surface area contributed by atoms with E-state index in [0.29, 0.717) is 5.69 Å². The van der Waals surface area contributed by atoms with Crippen LogP contribution in [0.15, 0.2) is 33.9 Å². The molecule has 0 aliphatic carbocycles. The molecular formula is C11H14BrN5O2S. The van der Waals surface area contributed by atoms with Crippen molar-refractivity contribution in [3.8, 4) is 0 Å². The van der Waals surface area contributed by atoms with Gasteiger partial charge < -0.3 is 5.73 Å². The van der Waals surface area contributed by atoms with E-state index in [2.05, 4.69) is 26.2 Å². The summed E-state index contributed by atoms with van der Waals surface area (Å²) in [6.07, 6.45) is 0. The third kappa shape index (κ3) is 2.84. The van der Waals surface area contributed by atoms with Gasteiger partial charge in [0.2, 0.25) is 5.03 Å². The summed E-state index contributed by atoms with van der Waals surface area (Å²) in [7, 11) is -0.638. The summed E-state index contributed by atoms with van der Waals surface area (Å²) < 4.78 is 27.6. The molecular weight excluding hydrogens is 346 g/mol. The zero-order valence-corrected chi connectivity index (χ0v) is 13.4. The molecule has 7 nitrogen and oxygen atoms in total. The molecule has 9 heteroatoms. The number of nitrogens with zero attached hydrogens (tertiary/aromatic N) is 4. The van der Waals surface area contributed by atoms with Crippen LogP contribution in [0.5, 0.6) is 0 Å². The third-order valence-electron chi connectivity index (χ3n) is 2.78. The van der Waals surface area contributed by atoms with Gasteiger partial charge in [-0.2, -0.15) is 4.31 Å². The van der Waals surface area contributed by atoms with Crippen molar-refractivity contribution in [3.05, 3.63) is 34.4 Å². The van der Waals surface area contributed by atoms with Crippen molar-refractivity contribution < 1.29 is 8.42 Å². The second-order valence-electron chi connectivity index (χ2n) is 4.31. The minimum absolute atomic E-state index is 0.0236. The summed E-state index contributed by atoms with van der Waals surface area (Å²) in [5.41, 5.74) is 7.08. The minimum Gasteiger partial charge on any atom is -0.399 e. The molecule has 0 saturated carbocycles. The van der Waals surface area contributed by atoms with E-state index in [-0.39, 0.29) is 16.2 Å². The van der Waals surface area contributed by atoms with Crippen LogP contribution in [0.2, 0.25) is 0 Å². The van der Waals surface area contributed by atoms with Crippen molar-refractivity contribution in [3.63, 3.8) is 0 Å². The molecule has 2 N–H and O–H groups in total. The number of sulfonamides is 1. The molecule has 0 bridgehead atoms. The Kier molecular flexibility index (Phi) is 4.11. The summed E-state index contributed by atoms with van der Waals surface area (Å²) in [5.74, 6) is 0. The Morgan fingerprint density at radius 2 is 1.95 bits per heavy atom. The molecule has 0 aliphatic heterocycles. The first-order valence-electron chi connectivity index (χ1n) is 5.68. The first kappa shape index (κ1) is 14.9. The number of nitrogens with two attached hydrogens (primary N) is 1. The Morgan fingerprint density at radius 1 is 1.35 bits per heavy atom. The Bertz CT molecular complexity index is 691. The summed E-state index contributed by atoms with van der Waals surface area (Å²) in [4.78, 5) is 0. The smallest absolute Gasteiger partial charge is 0.263 e. The standard InChI is InChI=1S/C11H14BrN5O2S/c1-16(7-8-3-5-9(13)6-4-8)20(18,19)11-10(12)14-15-17(11)2/h3-6H,7,13H2,1-2H3. The highest BCUT2D eigenvalue weighted by Crippen LogP contribution is 2.22. The van der Waals surface area contributed by atoms with Crippen LogP contribution >= 0.6 is 15.9 Å². The molecule has 108 valence electrons. The van der Waals surface area contributed by atoms with Crippen molar-refractivity contribution in [1.29, 1.82) is 0 Å². The Morgan fingerprint density at radius 3 is 2.45 bits per heavy atom. The fourth-order valence-corrected chi connectivity index (χ4v) is 3.89. The molecule has 0 spiro atoms. The van der Waals surface area contributed by atoms with E-state index in [1.807, 2.05) is 0 Å². The number of hydrogen-bond acceptors (Lipinski definition) is 5. The summed E-state index contributed by atoms with van der Waals surface area (Å²) in [6, 6.07) is 7.05. The van der Waals surface area contributed by atoms with E-state index < -0.39 is 10.0 Å². The number of hydrogen-bond donors (Lipinski definition) is 1.